The molecular formula is C11H12F4N2S. The van der Waals surface area contributed by atoms with Crippen LogP contribution in [0.3, 0.4) is 0 Å². The molecule has 18 heavy (non-hydrogen) atoms. The second kappa shape index (κ2) is 3.90. The number of piperidine rings is 1. The van der Waals surface area contributed by atoms with Gasteiger partial charge in [0.15, 0.2) is 5.01 Å². The van der Waals surface area contributed by atoms with Gasteiger partial charge >= 0.3 is 6.18 Å². The monoisotopic (exact) mass is 280 g/mol. The highest BCUT2D eigenvalue weighted by molar-refractivity contribution is 7.11. The predicted octanol–water partition coefficient (Wildman–Crippen LogP) is 3.24. The van der Waals surface area contributed by atoms with E-state index in [1.165, 1.54) is 0 Å². The first-order valence-electron chi connectivity index (χ1n) is 5.85. The smallest absolute Gasteiger partial charge is 0.311 e. The lowest BCUT2D eigenvalue weighted by Crippen LogP contribution is -2.44. The molecule has 0 amide bonds. The van der Waals surface area contributed by atoms with Crippen LogP contribution in [-0.4, -0.2) is 17.1 Å². The molecule has 2 nitrogen and oxygen atoms in total. The van der Waals surface area contributed by atoms with Crippen LogP contribution in [0.2, 0.25) is 0 Å². The van der Waals surface area contributed by atoms with Crippen LogP contribution in [-0.2, 0) is 11.8 Å². The molecule has 1 aromatic rings. The summed E-state index contributed by atoms with van der Waals surface area (Å²) in [4.78, 5) is 3.43. The SMILES string of the molecule is FC(F)(F)c1ncc(C2(F)CC3CCC(C2)N3)s1. The molecule has 1 N–H and O–H groups in total. The van der Waals surface area contributed by atoms with Crippen molar-refractivity contribution in [3.63, 3.8) is 0 Å². The van der Waals surface area contributed by atoms with Crippen molar-refractivity contribution >= 4 is 11.3 Å². The van der Waals surface area contributed by atoms with Gasteiger partial charge in [-0.25, -0.2) is 9.37 Å². The van der Waals surface area contributed by atoms with Crippen molar-refractivity contribution in [2.24, 2.45) is 0 Å². The molecular weight excluding hydrogens is 268 g/mol. The van der Waals surface area contributed by atoms with E-state index in [0.717, 1.165) is 19.0 Å². The fourth-order valence-corrected chi connectivity index (χ4v) is 3.79. The summed E-state index contributed by atoms with van der Waals surface area (Å²) in [5.41, 5.74) is -1.64. The second-order valence-corrected chi connectivity index (χ2v) is 6.07. The third kappa shape index (κ3) is 2.03. The third-order valence-electron chi connectivity index (χ3n) is 3.66. The molecule has 2 aliphatic rings. The summed E-state index contributed by atoms with van der Waals surface area (Å²) in [7, 11) is 0. The van der Waals surface area contributed by atoms with Gasteiger partial charge in [-0.1, -0.05) is 0 Å². The summed E-state index contributed by atoms with van der Waals surface area (Å²) in [5, 5.41) is 2.32. The third-order valence-corrected chi connectivity index (χ3v) is 4.89. The molecule has 3 rings (SSSR count). The van der Waals surface area contributed by atoms with Gasteiger partial charge in [0.1, 0.15) is 5.67 Å². The quantitative estimate of drug-likeness (QED) is 0.799. The van der Waals surface area contributed by atoms with Gasteiger partial charge in [-0.2, -0.15) is 13.2 Å². The summed E-state index contributed by atoms with van der Waals surface area (Å²) in [6.45, 7) is 0. The highest BCUT2D eigenvalue weighted by atomic mass is 32.1. The van der Waals surface area contributed by atoms with Crippen LogP contribution in [0.5, 0.6) is 0 Å². The minimum atomic E-state index is -4.48. The van der Waals surface area contributed by atoms with E-state index in [1.807, 2.05) is 0 Å². The molecule has 1 aromatic heterocycles. The number of hydrogen-bond donors (Lipinski definition) is 1. The largest absolute Gasteiger partial charge is 0.443 e. The highest BCUT2D eigenvalue weighted by Crippen LogP contribution is 2.47. The highest BCUT2D eigenvalue weighted by Gasteiger charge is 2.47. The number of alkyl halides is 4. The zero-order valence-electron chi connectivity index (χ0n) is 9.43. The number of rotatable bonds is 1. The molecule has 3 heterocycles. The Morgan fingerprint density at radius 3 is 2.39 bits per heavy atom. The van der Waals surface area contributed by atoms with Crippen LogP contribution >= 0.6 is 11.3 Å². The molecule has 2 aliphatic heterocycles. The summed E-state index contributed by atoms with van der Waals surface area (Å²) < 4.78 is 52.2. The normalized spacial score (nSPS) is 36.0. The first-order valence-corrected chi connectivity index (χ1v) is 6.67. The van der Waals surface area contributed by atoms with Crippen molar-refractivity contribution in [2.45, 2.75) is 49.6 Å². The molecule has 2 unspecified atom stereocenters. The van der Waals surface area contributed by atoms with Gasteiger partial charge in [0.05, 0.1) is 4.88 Å². The number of nitrogens with one attached hydrogen (secondary N) is 1. The maximum Gasteiger partial charge on any atom is 0.443 e. The Morgan fingerprint density at radius 1 is 1.28 bits per heavy atom. The van der Waals surface area contributed by atoms with Gasteiger partial charge in [0, 0.05) is 31.1 Å². The van der Waals surface area contributed by atoms with Crippen molar-refractivity contribution < 1.29 is 17.6 Å². The van der Waals surface area contributed by atoms with E-state index in [0.29, 0.717) is 11.3 Å². The molecule has 2 fully saturated rings. The lowest BCUT2D eigenvalue weighted by atomic mass is 9.88. The molecule has 2 saturated heterocycles. The summed E-state index contributed by atoms with van der Waals surface area (Å²) >= 11 is 0.438. The van der Waals surface area contributed by atoms with Crippen LogP contribution in [0.4, 0.5) is 17.6 Å². The Hall–Kier alpha value is -0.690. The van der Waals surface area contributed by atoms with Crippen LogP contribution in [0.15, 0.2) is 6.20 Å². The lowest BCUT2D eigenvalue weighted by molar-refractivity contribution is -0.137. The van der Waals surface area contributed by atoms with Gasteiger partial charge in [0.2, 0.25) is 0 Å². The fourth-order valence-electron chi connectivity index (χ4n) is 2.90. The Bertz CT molecular complexity index is 444. The minimum absolute atomic E-state index is 0.0881. The van der Waals surface area contributed by atoms with E-state index >= 15 is 0 Å². The number of halogens is 4. The predicted molar refractivity (Wildman–Crippen MR) is 59.1 cm³/mol. The van der Waals surface area contributed by atoms with E-state index in [1.54, 1.807) is 0 Å². The molecule has 100 valence electrons. The first kappa shape index (κ1) is 12.3. The van der Waals surface area contributed by atoms with Crippen molar-refractivity contribution in [1.29, 1.82) is 0 Å². The maximum absolute atomic E-state index is 14.8. The zero-order chi connectivity index (χ0) is 13.0. The maximum atomic E-state index is 14.8. The fraction of sp³-hybridized carbons (Fsp3) is 0.727. The van der Waals surface area contributed by atoms with Gasteiger partial charge in [-0.05, 0) is 12.8 Å². The Labute approximate surface area is 105 Å². The van der Waals surface area contributed by atoms with Crippen molar-refractivity contribution in [1.82, 2.24) is 10.3 Å². The summed E-state index contributed by atoms with van der Waals surface area (Å²) in [6, 6.07) is 0.176. The molecule has 2 atom stereocenters. The Morgan fingerprint density at radius 2 is 1.89 bits per heavy atom. The second-order valence-electron chi connectivity index (χ2n) is 5.04. The van der Waals surface area contributed by atoms with Crippen LogP contribution in [0.25, 0.3) is 0 Å². The van der Waals surface area contributed by atoms with Gasteiger partial charge in [-0.15, -0.1) is 11.3 Å². The minimum Gasteiger partial charge on any atom is -0.311 e. The van der Waals surface area contributed by atoms with E-state index in [9.17, 15) is 17.6 Å². The van der Waals surface area contributed by atoms with E-state index in [4.69, 9.17) is 0 Å². The number of nitrogens with zero attached hydrogens (tertiary/aromatic N) is 1. The average Bonchev–Trinajstić information content (AvgIpc) is 2.84. The average molecular weight is 280 g/mol. The van der Waals surface area contributed by atoms with Gasteiger partial charge < -0.3 is 5.32 Å². The lowest BCUT2D eigenvalue weighted by Gasteiger charge is -2.33. The van der Waals surface area contributed by atoms with Crippen molar-refractivity contribution in [3.8, 4) is 0 Å². The Kier molecular flexibility index (Phi) is 2.68. The van der Waals surface area contributed by atoms with Crippen LogP contribution < -0.4 is 5.32 Å². The molecule has 7 heteroatoms. The molecule has 0 aliphatic carbocycles. The van der Waals surface area contributed by atoms with E-state index in [-0.39, 0.29) is 29.8 Å². The van der Waals surface area contributed by atoms with Crippen LogP contribution in [0, 0.1) is 0 Å². The molecule has 0 saturated carbocycles. The number of aromatic nitrogens is 1. The van der Waals surface area contributed by atoms with Crippen LogP contribution in [0.1, 0.15) is 35.6 Å². The molecule has 0 radical (unpaired) electrons. The van der Waals surface area contributed by atoms with Crippen molar-refractivity contribution in [3.05, 3.63) is 16.1 Å². The summed E-state index contributed by atoms with van der Waals surface area (Å²) in [5.74, 6) is 0. The standard InChI is InChI=1S/C11H12F4N2S/c12-10(3-6-1-2-7(4-10)17-6)8-5-16-9(18-8)11(13,14)15/h5-7,17H,1-4H2. The van der Waals surface area contributed by atoms with Crippen molar-refractivity contribution in [2.75, 3.05) is 0 Å². The summed E-state index contributed by atoms with van der Waals surface area (Å²) in [6.07, 6.45) is -1.11. The Balaban J connectivity index is 1.88. The number of fused-ring (bicyclic) bond motifs is 2. The zero-order valence-corrected chi connectivity index (χ0v) is 10.2. The molecule has 0 aromatic carbocycles. The first-order chi connectivity index (χ1) is 8.37. The number of thiazole rings is 1. The van der Waals surface area contributed by atoms with Gasteiger partial charge in [0.25, 0.3) is 0 Å². The van der Waals surface area contributed by atoms with Gasteiger partial charge in [-0.3, -0.25) is 0 Å². The molecule has 2 bridgehead atoms. The molecule has 0 spiro atoms. The van der Waals surface area contributed by atoms with E-state index in [2.05, 4.69) is 10.3 Å². The number of hydrogen-bond acceptors (Lipinski definition) is 3. The van der Waals surface area contributed by atoms with E-state index < -0.39 is 16.9 Å². The topological polar surface area (TPSA) is 24.9 Å².